The first kappa shape index (κ1) is 14.4. The van der Waals surface area contributed by atoms with Crippen LogP contribution in [0.25, 0.3) is 0 Å². The number of rotatable bonds is 6. The zero-order chi connectivity index (χ0) is 13.1. The van der Waals surface area contributed by atoms with E-state index in [1.807, 2.05) is 6.92 Å². The summed E-state index contributed by atoms with van der Waals surface area (Å²) in [4.78, 5) is 1.22. The zero-order valence-electron chi connectivity index (χ0n) is 10.4. The van der Waals surface area contributed by atoms with Crippen LogP contribution in [0.3, 0.4) is 0 Å². The van der Waals surface area contributed by atoms with Gasteiger partial charge in [-0.1, -0.05) is 12.2 Å². The molecule has 0 atom stereocenters. The van der Waals surface area contributed by atoms with E-state index in [1.54, 1.807) is 25.5 Å². The van der Waals surface area contributed by atoms with E-state index >= 15 is 0 Å². The van der Waals surface area contributed by atoms with Crippen molar-refractivity contribution in [2.24, 2.45) is 0 Å². The SMILES string of the molecule is C=C(C)CN(C)S(=O)(=O)c1ccsc1CNC. The Balaban J connectivity index is 3.04. The first-order valence-corrected chi connectivity index (χ1v) is 7.53. The summed E-state index contributed by atoms with van der Waals surface area (Å²) in [6.07, 6.45) is 0. The Morgan fingerprint density at radius 2 is 2.24 bits per heavy atom. The molecule has 0 saturated carbocycles. The molecule has 0 fully saturated rings. The van der Waals surface area contributed by atoms with Crippen LogP contribution in [0.1, 0.15) is 11.8 Å². The lowest BCUT2D eigenvalue weighted by Gasteiger charge is -2.17. The Kier molecular flexibility index (Phi) is 4.88. The summed E-state index contributed by atoms with van der Waals surface area (Å²) in [6.45, 7) is 6.45. The maximum atomic E-state index is 12.3. The van der Waals surface area contributed by atoms with Gasteiger partial charge in [0.25, 0.3) is 0 Å². The van der Waals surface area contributed by atoms with Gasteiger partial charge in [-0.3, -0.25) is 0 Å². The molecule has 1 heterocycles. The third-order valence-electron chi connectivity index (χ3n) is 2.22. The van der Waals surface area contributed by atoms with Gasteiger partial charge in [-0.25, -0.2) is 8.42 Å². The predicted molar refractivity (Wildman–Crippen MR) is 71.7 cm³/mol. The van der Waals surface area contributed by atoms with Crippen LogP contribution in [0.4, 0.5) is 0 Å². The maximum absolute atomic E-state index is 12.3. The third kappa shape index (κ3) is 3.38. The van der Waals surface area contributed by atoms with Gasteiger partial charge in [-0.2, -0.15) is 4.31 Å². The van der Waals surface area contributed by atoms with Crippen molar-refractivity contribution in [2.45, 2.75) is 18.4 Å². The Bertz CT molecular complexity index is 491. The fourth-order valence-corrected chi connectivity index (χ4v) is 4.13. The van der Waals surface area contributed by atoms with Crippen LogP contribution >= 0.6 is 11.3 Å². The first-order valence-electron chi connectivity index (χ1n) is 5.21. The quantitative estimate of drug-likeness (QED) is 0.803. The van der Waals surface area contributed by atoms with Gasteiger partial charge in [0.1, 0.15) is 0 Å². The number of thiophene rings is 1. The van der Waals surface area contributed by atoms with Crippen molar-refractivity contribution in [3.8, 4) is 0 Å². The lowest BCUT2D eigenvalue weighted by Crippen LogP contribution is -2.29. The van der Waals surface area contributed by atoms with Crippen molar-refractivity contribution in [3.63, 3.8) is 0 Å². The molecule has 17 heavy (non-hydrogen) atoms. The normalized spacial score (nSPS) is 12.0. The van der Waals surface area contributed by atoms with Crippen molar-refractivity contribution >= 4 is 21.4 Å². The molecule has 0 aliphatic heterocycles. The minimum atomic E-state index is -3.40. The second-order valence-corrected chi connectivity index (χ2v) is 6.97. The molecule has 1 aromatic heterocycles. The molecular weight excluding hydrogens is 256 g/mol. The Labute approximate surface area is 107 Å². The van der Waals surface area contributed by atoms with Crippen molar-refractivity contribution < 1.29 is 8.42 Å². The van der Waals surface area contributed by atoms with E-state index < -0.39 is 10.0 Å². The lowest BCUT2D eigenvalue weighted by atomic mass is 10.4. The molecule has 0 bridgehead atoms. The van der Waals surface area contributed by atoms with E-state index in [4.69, 9.17) is 0 Å². The Morgan fingerprint density at radius 1 is 1.59 bits per heavy atom. The summed E-state index contributed by atoms with van der Waals surface area (Å²) in [5.41, 5.74) is 0.821. The van der Waals surface area contributed by atoms with Gasteiger partial charge in [0, 0.05) is 25.0 Å². The van der Waals surface area contributed by atoms with E-state index in [-0.39, 0.29) is 0 Å². The number of hydrogen-bond donors (Lipinski definition) is 1. The molecule has 0 unspecified atom stereocenters. The largest absolute Gasteiger partial charge is 0.315 e. The van der Waals surface area contributed by atoms with Gasteiger partial charge in [-0.05, 0) is 25.4 Å². The fraction of sp³-hybridized carbons (Fsp3) is 0.455. The van der Waals surface area contributed by atoms with E-state index in [1.165, 1.54) is 15.6 Å². The van der Waals surface area contributed by atoms with Gasteiger partial charge in [0.05, 0.1) is 4.90 Å². The molecule has 0 spiro atoms. The molecule has 0 radical (unpaired) electrons. The molecule has 0 aliphatic rings. The average Bonchev–Trinajstić information content (AvgIpc) is 2.66. The van der Waals surface area contributed by atoms with Gasteiger partial charge < -0.3 is 5.32 Å². The third-order valence-corrected chi connectivity index (χ3v) is 5.16. The van der Waals surface area contributed by atoms with Crippen LogP contribution in [-0.2, 0) is 16.6 Å². The highest BCUT2D eigenvalue weighted by molar-refractivity contribution is 7.89. The summed E-state index contributed by atoms with van der Waals surface area (Å²) >= 11 is 1.45. The van der Waals surface area contributed by atoms with E-state index in [2.05, 4.69) is 11.9 Å². The summed E-state index contributed by atoms with van der Waals surface area (Å²) in [5.74, 6) is 0. The lowest BCUT2D eigenvalue weighted by molar-refractivity contribution is 0.492. The summed E-state index contributed by atoms with van der Waals surface area (Å²) in [7, 11) is -0.0271. The van der Waals surface area contributed by atoms with Crippen LogP contribution in [0.15, 0.2) is 28.5 Å². The minimum Gasteiger partial charge on any atom is -0.315 e. The second kappa shape index (κ2) is 5.77. The van der Waals surface area contributed by atoms with Crippen molar-refractivity contribution in [1.29, 1.82) is 0 Å². The van der Waals surface area contributed by atoms with Crippen LogP contribution < -0.4 is 5.32 Å². The minimum absolute atomic E-state index is 0.344. The molecule has 1 aromatic rings. The highest BCUT2D eigenvalue weighted by Crippen LogP contribution is 2.24. The van der Waals surface area contributed by atoms with Crippen LogP contribution in [0.2, 0.25) is 0 Å². The Morgan fingerprint density at radius 3 is 2.76 bits per heavy atom. The molecule has 96 valence electrons. The van der Waals surface area contributed by atoms with E-state index in [0.29, 0.717) is 18.0 Å². The predicted octanol–water partition coefficient (Wildman–Crippen LogP) is 1.66. The molecular formula is C11H18N2O2S2. The number of sulfonamides is 1. The first-order chi connectivity index (χ1) is 7.89. The van der Waals surface area contributed by atoms with Gasteiger partial charge in [0.15, 0.2) is 0 Å². The van der Waals surface area contributed by atoms with Crippen molar-refractivity contribution in [2.75, 3.05) is 20.6 Å². The molecule has 1 rings (SSSR count). The van der Waals surface area contributed by atoms with Crippen LogP contribution in [-0.4, -0.2) is 33.4 Å². The van der Waals surface area contributed by atoms with Gasteiger partial charge in [0.2, 0.25) is 10.0 Å². The fourth-order valence-electron chi connectivity index (χ4n) is 1.48. The number of nitrogens with one attached hydrogen (secondary N) is 1. The highest BCUT2D eigenvalue weighted by Gasteiger charge is 2.24. The molecule has 6 heteroatoms. The molecule has 4 nitrogen and oxygen atoms in total. The van der Waals surface area contributed by atoms with Gasteiger partial charge in [-0.15, -0.1) is 11.3 Å². The van der Waals surface area contributed by atoms with E-state index in [0.717, 1.165) is 10.5 Å². The monoisotopic (exact) mass is 274 g/mol. The van der Waals surface area contributed by atoms with Gasteiger partial charge >= 0.3 is 0 Å². The Hall–Kier alpha value is -0.690. The topological polar surface area (TPSA) is 49.4 Å². The zero-order valence-corrected chi connectivity index (χ0v) is 12.0. The van der Waals surface area contributed by atoms with Crippen LogP contribution in [0, 0.1) is 0 Å². The smallest absolute Gasteiger partial charge is 0.244 e. The maximum Gasteiger partial charge on any atom is 0.244 e. The average molecular weight is 274 g/mol. The highest BCUT2D eigenvalue weighted by atomic mass is 32.2. The van der Waals surface area contributed by atoms with Crippen molar-refractivity contribution in [3.05, 3.63) is 28.5 Å². The molecule has 0 aliphatic carbocycles. The molecule has 0 aromatic carbocycles. The molecule has 1 N–H and O–H groups in total. The summed E-state index contributed by atoms with van der Waals surface area (Å²) in [5, 5.41) is 4.77. The molecule has 0 amide bonds. The summed E-state index contributed by atoms with van der Waals surface area (Å²) < 4.78 is 25.9. The number of nitrogens with zero attached hydrogens (tertiary/aromatic N) is 1. The second-order valence-electron chi connectivity index (χ2n) is 3.96. The standard InChI is InChI=1S/C11H18N2O2S2/c1-9(2)8-13(4)17(14,15)11-5-6-16-10(11)7-12-3/h5-6,12H,1,7-8H2,2-4H3. The van der Waals surface area contributed by atoms with E-state index in [9.17, 15) is 8.42 Å². The molecule has 0 saturated heterocycles. The number of hydrogen-bond acceptors (Lipinski definition) is 4. The van der Waals surface area contributed by atoms with Crippen molar-refractivity contribution in [1.82, 2.24) is 9.62 Å². The van der Waals surface area contributed by atoms with Crippen LogP contribution in [0.5, 0.6) is 0 Å². The summed E-state index contributed by atoms with van der Waals surface area (Å²) in [6, 6.07) is 1.65. The number of likely N-dealkylation sites (N-methyl/N-ethyl adjacent to an activating group) is 1.